The molecule has 1 fully saturated rings. The summed E-state index contributed by atoms with van der Waals surface area (Å²) in [5.41, 5.74) is 4.53. The van der Waals surface area contributed by atoms with Crippen LogP contribution in [0.3, 0.4) is 0 Å². The number of rotatable bonds is 3. The Hall–Kier alpha value is -1.76. The lowest BCUT2D eigenvalue weighted by Crippen LogP contribution is -2.46. The zero-order valence-electron chi connectivity index (χ0n) is 11.6. The molecule has 0 aliphatic carbocycles. The van der Waals surface area contributed by atoms with Crippen LogP contribution in [0.15, 0.2) is 18.2 Å². The minimum atomic E-state index is -4.50. The number of halogens is 3. The Bertz CT molecular complexity index is 531. The van der Waals surface area contributed by atoms with Crippen molar-refractivity contribution in [3.8, 4) is 0 Å². The van der Waals surface area contributed by atoms with Crippen molar-refractivity contribution >= 4 is 11.6 Å². The normalized spacial score (nSPS) is 22.9. The molecule has 1 aromatic carbocycles. The lowest BCUT2D eigenvalue weighted by atomic mass is 9.98. The van der Waals surface area contributed by atoms with Crippen molar-refractivity contribution in [2.24, 2.45) is 5.73 Å². The van der Waals surface area contributed by atoms with Gasteiger partial charge >= 0.3 is 6.18 Å². The predicted octanol–water partition coefficient (Wildman–Crippen LogP) is 2.36. The van der Waals surface area contributed by atoms with Crippen LogP contribution >= 0.6 is 0 Å². The van der Waals surface area contributed by atoms with Crippen molar-refractivity contribution in [3.63, 3.8) is 0 Å². The molecule has 2 rings (SSSR count). The van der Waals surface area contributed by atoms with Crippen molar-refractivity contribution in [1.29, 1.82) is 0 Å². The Morgan fingerprint density at radius 3 is 2.71 bits per heavy atom. The second-order valence-electron chi connectivity index (χ2n) is 5.26. The molecule has 0 aromatic heterocycles. The van der Waals surface area contributed by atoms with Crippen LogP contribution in [0.5, 0.6) is 0 Å². The summed E-state index contributed by atoms with van der Waals surface area (Å²) in [6.07, 6.45) is -2.65. The highest BCUT2D eigenvalue weighted by Gasteiger charge is 2.32. The monoisotopic (exact) mass is 301 g/mol. The van der Waals surface area contributed by atoms with Gasteiger partial charge in [0.1, 0.15) is 0 Å². The average Bonchev–Trinajstić information content (AvgIpc) is 2.40. The second kappa shape index (κ2) is 5.93. The van der Waals surface area contributed by atoms with Crippen LogP contribution in [0.2, 0.25) is 0 Å². The first-order valence-corrected chi connectivity index (χ1v) is 6.80. The van der Waals surface area contributed by atoms with Gasteiger partial charge in [0.15, 0.2) is 0 Å². The minimum absolute atomic E-state index is 0.0496. The second-order valence-corrected chi connectivity index (χ2v) is 5.26. The first kappa shape index (κ1) is 15.6. The number of hydrogen-bond acceptors (Lipinski definition) is 3. The first-order chi connectivity index (χ1) is 9.79. The van der Waals surface area contributed by atoms with E-state index in [2.05, 4.69) is 10.6 Å². The van der Waals surface area contributed by atoms with Gasteiger partial charge in [-0.2, -0.15) is 13.2 Å². The minimum Gasteiger partial charge on any atom is -0.380 e. The Labute approximate surface area is 120 Å². The Balaban J connectivity index is 2.28. The van der Waals surface area contributed by atoms with Gasteiger partial charge in [-0.1, -0.05) is 0 Å². The van der Waals surface area contributed by atoms with Crippen LogP contribution < -0.4 is 16.4 Å². The molecule has 2 unspecified atom stereocenters. The third-order valence-corrected chi connectivity index (χ3v) is 3.72. The van der Waals surface area contributed by atoms with Crippen molar-refractivity contribution < 1.29 is 18.0 Å². The van der Waals surface area contributed by atoms with Gasteiger partial charge in [-0.25, -0.2) is 0 Å². The van der Waals surface area contributed by atoms with Crippen LogP contribution in [-0.2, 0) is 6.18 Å². The van der Waals surface area contributed by atoms with E-state index in [1.165, 1.54) is 6.07 Å². The topological polar surface area (TPSA) is 67.2 Å². The summed E-state index contributed by atoms with van der Waals surface area (Å²) in [7, 11) is 0. The molecule has 0 radical (unpaired) electrons. The van der Waals surface area contributed by atoms with Crippen LogP contribution in [0.4, 0.5) is 18.9 Å². The number of nitrogens with two attached hydrogens (primary N) is 1. The van der Waals surface area contributed by atoms with Crippen LogP contribution in [0.25, 0.3) is 0 Å². The number of amides is 1. The maximum Gasteiger partial charge on any atom is 0.416 e. The van der Waals surface area contributed by atoms with E-state index >= 15 is 0 Å². The van der Waals surface area contributed by atoms with Crippen molar-refractivity contribution in [1.82, 2.24) is 5.32 Å². The summed E-state index contributed by atoms with van der Waals surface area (Å²) < 4.78 is 38.1. The van der Waals surface area contributed by atoms with Gasteiger partial charge < -0.3 is 16.4 Å². The maximum absolute atomic E-state index is 12.7. The molecular weight excluding hydrogens is 283 g/mol. The molecule has 0 bridgehead atoms. The van der Waals surface area contributed by atoms with Gasteiger partial charge in [0, 0.05) is 17.8 Å². The molecule has 0 saturated carbocycles. The van der Waals surface area contributed by atoms with E-state index in [1.807, 2.05) is 6.92 Å². The van der Waals surface area contributed by atoms with Gasteiger partial charge in [0.2, 0.25) is 0 Å². The molecule has 1 amide bonds. The molecule has 4 N–H and O–H groups in total. The van der Waals surface area contributed by atoms with Crippen molar-refractivity contribution in [3.05, 3.63) is 29.3 Å². The molecule has 21 heavy (non-hydrogen) atoms. The number of alkyl halides is 3. The molecule has 1 saturated heterocycles. The van der Waals surface area contributed by atoms with E-state index in [0.29, 0.717) is 5.69 Å². The number of primary amides is 1. The van der Waals surface area contributed by atoms with Gasteiger partial charge in [0.25, 0.3) is 5.91 Å². The Morgan fingerprint density at radius 1 is 1.43 bits per heavy atom. The molecule has 7 heteroatoms. The summed E-state index contributed by atoms with van der Waals surface area (Å²) in [5, 5.41) is 6.41. The van der Waals surface area contributed by atoms with E-state index in [0.717, 1.165) is 31.5 Å². The zero-order chi connectivity index (χ0) is 15.6. The summed E-state index contributed by atoms with van der Waals surface area (Å²) in [6.45, 7) is 2.90. The van der Waals surface area contributed by atoms with E-state index in [4.69, 9.17) is 5.73 Å². The fourth-order valence-electron chi connectivity index (χ4n) is 2.49. The number of hydrogen-bond donors (Lipinski definition) is 3. The first-order valence-electron chi connectivity index (χ1n) is 6.80. The molecule has 1 aliphatic heterocycles. The largest absolute Gasteiger partial charge is 0.416 e. The van der Waals surface area contributed by atoms with Crippen LogP contribution in [-0.4, -0.2) is 24.5 Å². The highest BCUT2D eigenvalue weighted by molar-refractivity contribution is 5.98. The zero-order valence-corrected chi connectivity index (χ0v) is 11.6. The molecule has 116 valence electrons. The van der Waals surface area contributed by atoms with Crippen molar-refractivity contribution in [2.75, 3.05) is 11.9 Å². The molecule has 1 aliphatic rings. The van der Waals surface area contributed by atoms with Crippen LogP contribution in [0.1, 0.15) is 35.7 Å². The SMILES string of the molecule is CC1NCCCC1Nc1ccc(C(F)(F)F)cc1C(N)=O. The summed E-state index contributed by atoms with van der Waals surface area (Å²) in [4.78, 5) is 11.4. The quantitative estimate of drug-likeness (QED) is 0.803. The molecular formula is C14H18F3N3O. The lowest BCUT2D eigenvalue weighted by molar-refractivity contribution is -0.137. The third kappa shape index (κ3) is 3.66. The smallest absolute Gasteiger partial charge is 0.380 e. The predicted molar refractivity (Wildman–Crippen MR) is 74.1 cm³/mol. The number of benzene rings is 1. The summed E-state index contributed by atoms with van der Waals surface area (Å²) >= 11 is 0. The molecule has 0 spiro atoms. The highest BCUT2D eigenvalue weighted by Crippen LogP contribution is 2.32. The Morgan fingerprint density at radius 2 is 2.14 bits per heavy atom. The third-order valence-electron chi connectivity index (χ3n) is 3.72. The summed E-state index contributed by atoms with van der Waals surface area (Å²) in [6, 6.07) is 3.24. The number of carbonyl (C=O) groups is 1. The van der Waals surface area contributed by atoms with Gasteiger partial charge in [-0.3, -0.25) is 4.79 Å². The summed E-state index contributed by atoms with van der Waals surface area (Å²) in [5.74, 6) is -0.875. The fraction of sp³-hybridized carbons (Fsp3) is 0.500. The Kier molecular flexibility index (Phi) is 4.41. The fourth-order valence-corrected chi connectivity index (χ4v) is 2.49. The molecule has 1 heterocycles. The number of anilines is 1. The van der Waals surface area contributed by atoms with Gasteiger partial charge in [-0.15, -0.1) is 0 Å². The van der Waals surface area contributed by atoms with E-state index < -0.39 is 17.6 Å². The van der Waals surface area contributed by atoms with E-state index in [1.54, 1.807) is 0 Å². The van der Waals surface area contributed by atoms with Crippen LogP contribution in [0, 0.1) is 0 Å². The number of piperidine rings is 1. The lowest BCUT2D eigenvalue weighted by Gasteiger charge is -2.32. The van der Waals surface area contributed by atoms with E-state index in [-0.39, 0.29) is 17.6 Å². The molecule has 1 aromatic rings. The van der Waals surface area contributed by atoms with Gasteiger partial charge in [0.05, 0.1) is 11.1 Å². The number of carbonyl (C=O) groups excluding carboxylic acids is 1. The number of nitrogens with one attached hydrogen (secondary N) is 2. The molecule has 4 nitrogen and oxygen atoms in total. The standard InChI is InChI=1S/C14H18F3N3O/c1-8-11(3-2-6-19-8)20-12-5-4-9(14(15,16)17)7-10(12)13(18)21/h4-5,7-8,11,19-20H,2-3,6H2,1H3,(H2,18,21). The average molecular weight is 301 g/mol. The van der Waals surface area contributed by atoms with Crippen molar-refractivity contribution in [2.45, 2.75) is 38.0 Å². The van der Waals surface area contributed by atoms with Gasteiger partial charge in [-0.05, 0) is 44.5 Å². The highest BCUT2D eigenvalue weighted by atomic mass is 19.4. The van der Waals surface area contributed by atoms with E-state index in [9.17, 15) is 18.0 Å². The maximum atomic E-state index is 12.7. The molecule has 2 atom stereocenters.